The number of carbonyl (C=O) groups is 3. The van der Waals surface area contributed by atoms with Crippen LogP contribution in [0.3, 0.4) is 0 Å². The highest BCUT2D eigenvalue weighted by atomic mass is 35.5. The normalized spacial score (nSPS) is 15.2. The molecule has 2 aromatic carbocycles. The molecule has 0 radical (unpaired) electrons. The van der Waals surface area contributed by atoms with Crippen molar-refractivity contribution < 1.29 is 29.0 Å². The SMILES string of the molecule is COc1ccc(/C=C2/SC(=O)N(c3ccc(Cl)cc3)C2=O)c(C(=O)O)c1OC. The second kappa shape index (κ2) is 7.95. The molecule has 1 saturated heterocycles. The fourth-order valence-electron chi connectivity index (χ4n) is 2.70. The van der Waals surface area contributed by atoms with Gasteiger partial charge in [0.15, 0.2) is 11.5 Å². The third-order valence-corrected chi connectivity index (χ3v) is 5.08. The van der Waals surface area contributed by atoms with Crippen molar-refractivity contribution >= 4 is 52.2 Å². The molecule has 0 atom stereocenters. The zero-order valence-corrected chi connectivity index (χ0v) is 16.3. The Morgan fingerprint density at radius 3 is 2.36 bits per heavy atom. The van der Waals surface area contributed by atoms with Crippen LogP contribution in [0, 0.1) is 0 Å². The molecule has 2 aromatic rings. The summed E-state index contributed by atoms with van der Waals surface area (Å²) in [5.41, 5.74) is 0.424. The van der Waals surface area contributed by atoms with E-state index in [1.54, 1.807) is 24.3 Å². The summed E-state index contributed by atoms with van der Waals surface area (Å²) in [4.78, 5) is 38.0. The summed E-state index contributed by atoms with van der Waals surface area (Å²) in [5, 5.41) is 9.58. The van der Waals surface area contributed by atoms with E-state index < -0.39 is 17.1 Å². The molecule has 1 heterocycles. The van der Waals surface area contributed by atoms with E-state index in [1.165, 1.54) is 32.4 Å². The number of nitrogens with zero attached hydrogens (tertiary/aromatic N) is 1. The standard InChI is InChI=1S/C19H14ClNO6S/c1-26-13-8-3-10(15(18(23)24)16(13)27-2)9-14-17(22)21(19(25)28-14)12-6-4-11(20)5-7-12/h3-9H,1-2H3,(H,23,24)/b14-9+. The second-order valence-electron chi connectivity index (χ2n) is 5.56. The first-order valence-corrected chi connectivity index (χ1v) is 9.08. The van der Waals surface area contributed by atoms with Gasteiger partial charge in [-0.2, -0.15) is 0 Å². The summed E-state index contributed by atoms with van der Waals surface area (Å²) in [6.45, 7) is 0. The zero-order chi connectivity index (χ0) is 20.4. The van der Waals surface area contributed by atoms with E-state index in [0.29, 0.717) is 10.7 Å². The molecule has 1 aliphatic heterocycles. The van der Waals surface area contributed by atoms with Crippen LogP contribution in [0.4, 0.5) is 10.5 Å². The van der Waals surface area contributed by atoms with E-state index in [1.807, 2.05) is 0 Å². The zero-order valence-electron chi connectivity index (χ0n) is 14.8. The van der Waals surface area contributed by atoms with Crippen molar-refractivity contribution in [2.75, 3.05) is 19.1 Å². The molecular formula is C19H14ClNO6S. The van der Waals surface area contributed by atoms with Gasteiger partial charge in [-0.05, 0) is 53.7 Å². The summed E-state index contributed by atoms with van der Waals surface area (Å²) < 4.78 is 10.3. The predicted octanol–water partition coefficient (Wildman–Crippen LogP) is 4.30. The molecule has 9 heteroatoms. The minimum absolute atomic E-state index is 0.0284. The van der Waals surface area contributed by atoms with Gasteiger partial charge in [0.05, 0.1) is 24.8 Å². The maximum Gasteiger partial charge on any atom is 0.340 e. The Balaban J connectivity index is 2.05. The minimum atomic E-state index is -1.25. The molecule has 1 aliphatic rings. The Bertz CT molecular complexity index is 1000. The highest BCUT2D eigenvalue weighted by Crippen LogP contribution is 2.39. The van der Waals surface area contributed by atoms with E-state index in [0.717, 1.165) is 16.7 Å². The molecular weight excluding hydrogens is 406 g/mol. The predicted molar refractivity (Wildman–Crippen MR) is 106 cm³/mol. The number of carboxylic acid groups (broad SMARTS) is 1. The van der Waals surface area contributed by atoms with Gasteiger partial charge in [-0.1, -0.05) is 17.7 Å². The lowest BCUT2D eigenvalue weighted by molar-refractivity contribution is -0.113. The Labute approximate surface area is 169 Å². The number of carboxylic acids is 1. The average molecular weight is 420 g/mol. The van der Waals surface area contributed by atoms with Crippen LogP contribution >= 0.6 is 23.4 Å². The third kappa shape index (κ3) is 3.56. The van der Waals surface area contributed by atoms with E-state index in [-0.39, 0.29) is 27.5 Å². The molecule has 0 aromatic heterocycles. The molecule has 1 fully saturated rings. The summed E-state index contributed by atoms with van der Waals surface area (Å²) in [7, 11) is 2.71. The smallest absolute Gasteiger partial charge is 0.340 e. The largest absolute Gasteiger partial charge is 0.493 e. The first-order valence-electron chi connectivity index (χ1n) is 7.89. The lowest BCUT2D eigenvalue weighted by Gasteiger charge is -2.13. The van der Waals surface area contributed by atoms with Crippen LogP contribution in [-0.2, 0) is 4.79 Å². The number of ether oxygens (including phenoxy) is 2. The van der Waals surface area contributed by atoms with Gasteiger partial charge in [0.1, 0.15) is 5.56 Å². The van der Waals surface area contributed by atoms with Crippen LogP contribution in [-0.4, -0.2) is 36.4 Å². The van der Waals surface area contributed by atoms with Crippen molar-refractivity contribution in [3.63, 3.8) is 0 Å². The van der Waals surface area contributed by atoms with Gasteiger partial charge in [-0.15, -0.1) is 0 Å². The molecule has 144 valence electrons. The number of aromatic carboxylic acids is 1. The number of benzene rings is 2. The maximum absolute atomic E-state index is 12.7. The first-order chi connectivity index (χ1) is 13.4. The van der Waals surface area contributed by atoms with Crippen LogP contribution < -0.4 is 14.4 Å². The Kier molecular flexibility index (Phi) is 5.62. The van der Waals surface area contributed by atoms with Crippen LogP contribution in [0.15, 0.2) is 41.3 Å². The van der Waals surface area contributed by atoms with E-state index >= 15 is 0 Å². The van der Waals surface area contributed by atoms with Crippen molar-refractivity contribution in [1.29, 1.82) is 0 Å². The Hall–Kier alpha value is -2.97. The van der Waals surface area contributed by atoms with Crippen LogP contribution in [0.25, 0.3) is 6.08 Å². The summed E-state index contributed by atoms with van der Waals surface area (Å²) in [6, 6.07) is 9.27. The lowest BCUT2D eigenvalue weighted by atomic mass is 10.0. The first kappa shape index (κ1) is 19.8. The van der Waals surface area contributed by atoms with Crippen LogP contribution in [0.1, 0.15) is 15.9 Å². The van der Waals surface area contributed by atoms with Gasteiger partial charge < -0.3 is 14.6 Å². The van der Waals surface area contributed by atoms with Crippen LogP contribution in [0.2, 0.25) is 5.02 Å². The number of anilines is 1. The monoisotopic (exact) mass is 419 g/mol. The van der Waals surface area contributed by atoms with E-state index in [2.05, 4.69) is 0 Å². The number of halogens is 1. The summed E-state index contributed by atoms with van der Waals surface area (Å²) in [6.07, 6.45) is 1.35. The number of rotatable bonds is 5. The van der Waals surface area contributed by atoms with Crippen molar-refractivity contribution in [1.82, 2.24) is 0 Å². The molecule has 1 N–H and O–H groups in total. The molecule has 28 heavy (non-hydrogen) atoms. The number of carbonyl (C=O) groups excluding carboxylic acids is 2. The molecule has 0 saturated carbocycles. The molecule has 3 rings (SSSR count). The van der Waals surface area contributed by atoms with Gasteiger partial charge in [0, 0.05) is 5.02 Å². The van der Waals surface area contributed by atoms with Gasteiger partial charge in [0.2, 0.25) is 0 Å². The Morgan fingerprint density at radius 1 is 1.11 bits per heavy atom. The second-order valence-corrected chi connectivity index (χ2v) is 6.99. The molecule has 2 amide bonds. The third-order valence-electron chi connectivity index (χ3n) is 3.96. The lowest BCUT2D eigenvalue weighted by Crippen LogP contribution is -2.27. The van der Waals surface area contributed by atoms with Gasteiger partial charge in [-0.25, -0.2) is 9.69 Å². The number of amides is 2. The van der Waals surface area contributed by atoms with Crippen molar-refractivity contribution in [2.24, 2.45) is 0 Å². The Morgan fingerprint density at radius 2 is 1.79 bits per heavy atom. The summed E-state index contributed by atoms with van der Waals surface area (Å²) >= 11 is 6.56. The number of hydrogen-bond acceptors (Lipinski definition) is 6. The number of methoxy groups -OCH3 is 2. The van der Waals surface area contributed by atoms with Crippen molar-refractivity contribution in [2.45, 2.75) is 0 Å². The van der Waals surface area contributed by atoms with Crippen molar-refractivity contribution in [3.8, 4) is 11.5 Å². The maximum atomic E-state index is 12.7. The van der Waals surface area contributed by atoms with Gasteiger partial charge in [0.25, 0.3) is 11.1 Å². The molecule has 0 aliphatic carbocycles. The quantitative estimate of drug-likeness (QED) is 0.722. The molecule has 0 unspecified atom stereocenters. The molecule has 0 bridgehead atoms. The highest BCUT2D eigenvalue weighted by Gasteiger charge is 2.36. The van der Waals surface area contributed by atoms with Gasteiger partial charge >= 0.3 is 5.97 Å². The number of hydrogen-bond donors (Lipinski definition) is 1. The minimum Gasteiger partial charge on any atom is -0.493 e. The van der Waals surface area contributed by atoms with Crippen molar-refractivity contribution in [3.05, 3.63) is 57.5 Å². The molecule has 0 spiro atoms. The van der Waals surface area contributed by atoms with E-state index in [9.17, 15) is 19.5 Å². The fraction of sp³-hybridized carbons (Fsp3) is 0.105. The number of imide groups is 1. The fourth-order valence-corrected chi connectivity index (χ4v) is 3.66. The average Bonchev–Trinajstić information content (AvgIpc) is 2.95. The van der Waals surface area contributed by atoms with E-state index in [4.69, 9.17) is 21.1 Å². The number of thioether (sulfide) groups is 1. The summed E-state index contributed by atoms with van der Waals surface area (Å²) in [5.74, 6) is -1.53. The van der Waals surface area contributed by atoms with Gasteiger partial charge in [-0.3, -0.25) is 9.59 Å². The van der Waals surface area contributed by atoms with Crippen LogP contribution in [0.5, 0.6) is 11.5 Å². The highest BCUT2D eigenvalue weighted by molar-refractivity contribution is 8.19. The molecule has 7 nitrogen and oxygen atoms in total. The topological polar surface area (TPSA) is 93.1 Å².